The number of rotatable bonds is 26. The van der Waals surface area contributed by atoms with Crippen molar-refractivity contribution < 1.29 is 19.4 Å². The molecule has 0 aromatic rings. The maximum absolute atomic E-state index is 11.4. The Morgan fingerprint density at radius 1 is 0.528 bits per heavy atom. The van der Waals surface area contributed by atoms with Gasteiger partial charge in [0, 0.05) is 6.42 Å². The molecule has 0 heterocycles. The normalized spacial score (nSPS) is 11.6. The van der Waals surface area contributed by atoms with Crippen molar-refractivity contribution >= 4 is 11.9 Å². The molecule has 0 saturated heterocycles. The van der Waals surface area contributed by atoms with Crippen LogP contribution in [-0.2, 0) is 14.3 Å². The Kier molecular flexibility index (Phi) is 32.9. The standard InChI is InChI=1S/2C16H32O2/c1-3-5-7-9-10-12-14-15(16(17)18)13-11-8-6-4-2;1-3-5-7-9-11-13-15-18-16(17)14-12-10-8-6-4-2/h15H,3-14H2,1-2H3,(H,17,18);3-15H2,1-2H3. The number of ether oxygens (including phenoxy) is 1. The van der Waals surface area contributed by atoms with Gasteiger partial charge < -0.3 is 9.84 Å². The van der Waals surface area contributed by atoms with E-state index >= 15 is 0 Å². The summed E-state index contributed by atoms with van der Waals surface area (Å²) in [7, 11) is 0. The zero-order chi connectivity index (χ0) is 27.1. The van der Waals surface area contributed by atoms with Crippen molar-refractivity contribution in [2.45, 2.75) is 182 Å². The third-order valence-electron chi connectivity index (χ3n) is 6.91. The van der Waals surface area contributed by atoms with Crippen LogP contribution in [0.25, 0.3) is 0 Å². The molecule has 0 bridgehead atoms. The summed E-state index contributed by atoms with van der Waals surface area (Å²) in [5, 5.41) is 9.17. The van der Waals surface area contributed by atoms with E-state index in [1.807, 2.05) is 0 Å². The molecule has 0 aliphatic rings. The second kappa shape index (κ2) is 32.0. The van der Waals surface area contributed by atoms with E-state index in [2.05, 4.69) is 27.7 Å². The topological polar surface area (TPSA) is 63.6 Å². The van der Waals surface area contributed by atoms with Crippen molar-refractivity contribution in [2.24, 2.45) is 5.92 Å². The van der Waals surface area contributed by atoms with Crippen molar-refractivity contribution in [3.63, 3.8) is 0 Å². The van der Waals surface area contributed by atoms with Crippen LogP contribution in [0.3, 0.4) is 0 Å². The van der Waals surface area contributed by atoms with Gasteiger partial charge >= 0.3 is 11.9 Å². The van der Waals surface area contributed by atoms with Gasteiger partial charge in [0.05, 0.1) is 12.5 Å². The SMILES string of the molecule is CCCCCCCCC(CCCCCC)C(=O)O.CCCCCCCCOC(=O)CCCCCCC. The molecule has 0 aliphatic heterocycles. The number of esters is 1. The monoisotopic (exact) mass is 512 g/mol. The quantitative estimate of drug-likeness (QED) is 0.0924. The van der Waals surface area contributed by atoms with Crippen LogP contribution in [0, 0.1) is 5.92 Å². The lowest BCUT2D eigenvalue weighted by Crippen LogP contribution is -2.13. The molecule has 1 N–H and O–H groups in total. The van der Waals surface area contributed by atoms with E-state index in [1.54, 1.807) is 0 Å². The Morgan fingerprint density at radius 3 is 1.33 bits per heavy atom. The molecule has 0 spiro atoms. The summed E-state index contributed by atoms with van der Waals surface area (Å²) in [5.74, 6) is -0.673. The van der Waals surface area contributed by atoms with Gasteiger partial charge in [0.1, 0.15) is 0 Å². The second-order valence-corrected chi connectivity index (χ2v) is 10.6. The van der Waals surface area contributed by atoms with Gasteiger partial charge in [-0.25, -0.2) is 0 Å². The number of carbonyl (C=O) groups is 2. The summed E-state index contributed by atoms with van der Waals surface area (Å²) < 4.78 is 5.22. The Hall–Kier alpha value is -1.06. The molecule has 0 radical (unpaired) electrons. The molecule has 4 heteroatoms. The first-order valence-electron chi connectivity index (χ1n) is 15.9. The molecule has 4 nitrogen and oxygen atoms in total. The summed E-state index contributed by atoms with van der Waals surface area (Å²) in [4.78, 5) is 22.5. The molecule has 0 fully saturated rings. The Labute approximate surface area is 225 Å². The zero-order valence-electron chi connectivity index (χ0n) is 24.9. The van der Waals surface area contributed by atoms with E-state index in [0.717, 1.165) is 38.5 Å². The highest BCUT2D eigenvalue weighted by Gasteiger charge is 2.16. The largest absolute Gasteiger partial charge is 0.481 e. The number of hydrogen-bond donors (Lipinski definition) is 1. The predicted octanol–water partition coefficient (Wildman–Crippen LogP) is 10.7. The van der Waals surface area contributed by atoms with Crippen LogP contribution < -0.4 is 0 Å². The van der Waals surface area contributed by atoms with Crippen LogP contribution >= 0.6 is 0 Å². The molecule has 0 aliphatic carbocycles. The highest BCUT2D eigenvalue weighted by Crippen LogP contribution is 2.19. The van der Waals surface area contributed by atoms with E-state index in [4.69, 9.17) is 4.74 Å². The Bertz CT molecular complexity index is 447. The molecular formula is C32H64O4. The zero-order valence-corrected chi connectivity index (χ0v) is 24.9. The van der Waals surface area contributed by atoms with Gasteiger partial charge in [-0.05, 0) is 25.7 Å². The Morgan fingerprint density at radius 2 is 0.889 bits per heavy atom. The summed E-state index contributed by atoms with van der Waals surface area (Å²) in [6.07, 6.45) is 28.0. The molecule has 0 rings (SSSR count). The van der Waals surface area contributed by atoms with Gasteiger partial charge in [-0.1, -0.05) is 150 Å². The van der Waals surface area contributed by atoms with E-state index in [9.17, 15) is 14.7 Å². The summed E-state index contributed by atoms with van der Waals surface area (Å²) in [6, 6.07) is 0. The molecular weight excluding hydrogens is 448 g/mol. The summed E-state index contributed by atoms with van der Waals surface area (Å²) in [6.45, 7) is 9.46. The van der Waals surface area contributed by atoms with Crippen LogP contribution in [0.1, 0.15) is 182 Å². The maximum atomic E-state index is 11.4. The van der Waals surface area contributed by atoms with Crippen molar-refractivity contribution in [3.8, 4) is 0 Å². The number of unbranched alkanes of at least 4 members (excludes halogenated alkanes) is 17. The smallest absolute Gasteiger partial charge is 0.306 e. The molecule has 216 valence electrons. The van der Waals surface area contributed by atoms with Gasteiger partial charge in [-0.2, -0.15) is 0 Å². The number of aliphatic carboxylic acids is 1. The van der Waals surface area contributed by atoms with Crippen LogP contribution in [0.15, 0.2) is 0 Å². The van der Waals surface area contributed by atoms with E-state index < -0.39 is 5.97 Å². The minimum absolute atomic E-state index is 0.0000525. The second-order valence-electron chi connectivity index (χ2n) is 10.6. The average molecular weight is 513 g/mol. The lowest BCUT2D eigenvalue weighted by Gasteiger charge is -2.11. The molecule has 0 saturated carbocycles. The van der Waals surface area contributed by atoms with Crippen LogP contribution in [0.5, 0.6) is 0 Å². The summed E-state index contributed by atoms with van der Waals surface area (Å²) in [5.41, 5.74) is 0. The highest BCUT2D eigenvalue weighted by molar-refractivity contribution is 5.69. The summed E-state index contributed by atoms with van der Waals surface area (Å²) >= 11 is 0. The lowest BCUT2D eigenvalue weighted by atomic mass is 9.94. The number of hydrogen-bond acceptors (Lipinski definition) is 3. The fourth-order valence-corrected chi connectivity index (χ4v) is 4.39. The first-order valence-corrected chi connectivity index (χ1v) is 15.9. The molecule has 1 atom stereocenters. The number of carbonyl (C=O) groups excluding carboxylic acids is 1. The van der Waals surface area contributed by atoms with Gasteiger partial charge in [-0.3, -0.25) is 9.59 Å². The number of carboxylic acids is 1. The fraction of sp³-hybridized carbons (Fsp3) is 0.938. The first kappa shape index (κ1) is 37.1. The van der Waals surface area contributed by atoms with Gasteiger partial charge in [0.15, 0.2) is 0 Å². The molecule has 36 heavy (non-hydrogen) atoms. The first-order chi connectivity index (χ1) is 17.5. The molecule has 1 unspecified atom stereocenters. The minimum atomic E-state index is -0.583. The van der Waals surface area contributed by atoms with Gasteiger partial charge in [0.2, 0.25) is 0 Å². The van der Waals surface area contributed by atoms with Crippen molar-refractivity contribution in [1.82, 2.24) is 0 Å². The number of carboxylic acid groups (broad SMARTS) is 1. The molecule has 0 aromatic heterocycles. The van der Waals surface area contributed by atoms with E-state index in [1.165, 1.54) is 109 Å². The van der Waals surface area contributed by atoms with Gasteiger partial charge in [-0.15, -0.1) is 0 Å². The van der Waals surface area contributed by atoms with Crippen molar-refractivity contribution in [2.75, 3.05) is 6.61 Å². The highest BCUT2D eigenvalue weighted by atomic mass is 16.5. The predicted molar refractivity (Wildman–Crippen MR) is 156 cm³/mol. The van der Waals surface area contributed by atoms with Crippen LogP contribution in [0.4, 0.5) is 0 Å². The fourth-order valence-electron chi connectivity index (χ4n) is 4.39. The van der Waals surface area contributed by atoms with Crippen LogP contribution in [-0.4, -0.2) is 23.7 Å². The third-order valence-corrected chi connectivity index (χ3v) is 6.91. The van der Waals surface area contributed by atoms with Crippen LogP contribution in [0.2, 0.25) is 0 Å². The Balaban J connectivity index is 0. The maximum Gasteiger partial charge on any atom is 0.306 e. The average Bonchev–Trinajstić information content (AvgIpc) is 2.87. The lowest BCUT2D eigenvalue weighted by molar-refractivity contribution is -0.144. The molecule has 0 amide bonds. The third kappa shape index (κ3) is 31.0. The minimum Gasteiger partial charge on any atom is -0.481 e. The van der Waals surface area contributed by atoms with Crippen molar-refractivity contribution in [3.05, 3.63) is 0 Å². The van der Waals surface area contributed by atoms with Crippen molar-refractivity contribution in [1.29, 1.82) is 0 Å². The molecule has 0 aromatic carbocycles. The van der Waals surface area contributed by atoms with E-state index in [-0.39, 0.29) is 11.9 Å². The van der Waals surface area contributed by atoms with Gasteiger partial charge in [0.25, 0.3) is 0 Å². The van der Waals surface area contributed by atoms with E-state index in [0.29, 0.717) is 13.0 Å².